The molecule has 0 aliphatic carbocycles. The SMILES string of the molecule is COC(=O)CNC1=NC(=O)/C(=C/c2ccc(Oc3ccc(C#N)cc3C(F)(F)F)c(OC)c2)S1. The van der Waals surface area contributed by atoms with Crippen molar-refractivity contribution in [3.05, 3.63) is 58.0 Å². The molecule has 1 heterocycles. The number of thioether (sulfide) groups is 1. The number of amides is 1. The summed E-state index contributed by atoms with van der Waals surface area (Å²) in [6.07, 6.45) is -3.22. The normalized spacial score (nSPS) is 14.4. The average molecular weight is 491 g/mol. The van der Waals surface area contributed by atoms with Crippen LogP contribution in [-0.4, -0.2) is 37.8 Å². The van der Waals surface area contributed by atoms with Crippen LogP contribution in [0.3, 0.4) is 0 Å². The van der Waals surface area contributed by atoms with Crippen molar-refractivity contribution >= 4 is 34.9 Å². The summed E-state index contributed by atoms with van der Waals surface area (Å²) in [5.74, 6) is -1.42. The molecule has 3 rings (SSSR count). The van der Waals surface area contributed by atoms with Crippen LogP contribution in [-0.2, 0) is 20.5 Å². The van der Waals surface area contributed by atoms with Crippen molar-refractivity contribution in [2.24, 2.45) is 4.99 Å². The van der Waals surface area contributed by atoms with Crippen LogP contribution < -0.4 is 14.8 Å². The van der Waals surface area contributed by atoms with Gasteiger partial charge in [-0.25, -0.2) is 0 Å². The molecule has 8 nitrogen and oxygen atoms in total. The molecule has 1 aliphatic rings. The van der Waals surface area contributed by atoms with Crippen molar-refractivity contribution in [1.82, 2.24) is 5.32 Å². The first-order valence-electron chi connectivity index (χ1n) is 9.45. The number of hydrogen-bond acceptors (Lipinski definition) is 8. The number of aliphatic imine (C=N–C) groups is 1. The Balaban J connectivity index is 1.82. The number of carbonyl (C=O) groups excluding carboxylic acids is 2. The minimum atomic E-state index is -4.74. The molecular formula is C22H16F3N3O5S. The Morgan fingerprint density at radius 2 is 1.91 bits per heavy atom. The summed E-state index contributed by atoms with van der Waals surface area (Å²) in [6.45, 7) is -0.155. The van der Waals surface area contributed by atoms with Crippen molar-refractivity contribution < 1.29 is 37.0 Å². The third kappa shape index (κ3) is 5.87. The predicted molar refractivity (Wildman–Crippen MR) is 117 cm³/mol. The average Bonchev–Trinajstić information content (AvgIpc) is 3.16. The molecule has 0 fully saturated rings. The molecule has 2 aromatic rings. The van der Waals surface area contributed by atoms with E-state index in [1.54, 1.807) is 6.07 Å². The van der Waals surface area contributed by atoms with E-state index in [2.05, 4.69) is 15.0 Å². The van der Waals surface area contributed by atoms with Crippen molar-refractivity contribution in [1.29, 1.82) is 5.26 Å². The molecule has 1 amide bonds. The minimum absolute atomic E-state index is 0.00180. The molecule has 0 bridgehead atoms. The van der Waals surface area contributed by atoms with E-state index in [0.29, 0.717) is 11.6 Å². The molecule has 1 aliphatic heterocycles. The number of benzene rings is 2. The van der Waals surface area contributed by atoms with Crippen molar-refractivity contribution in [2.45, 2.75) is 6.18 Å². The first-order chi connectivity index (χ1) is 16.1. The number of methoxy groups -OCH3 is 2. The molecule has 0 spiro atoms. The lowest BCUT2D eigenvalue weighted by Gasteiger charge is -2.16. The van der Waals surface area contributed by atoms with E-state index in [1.807, 2.05) is 0 Å². The fourth-order valence-electron chi connectivity index (χ4n) is 2.74. The van der Waals surface area contributed by atoms with E-state index < -0.39 is 29.4 Å². The lowest BCUT2D eigenvalue weighted by Crippen LogP contribution is -2.27. The molecule has 0 saturated heterocycles. The van der Waals surface area contributed by atoms with Crippen LogP contribution in [0.2, 0.25) is 0 Å². The first kappa shape index (κ1) is 24.7. The Labute approximate surface area is 196 Å². The van der Waals surface area contributed by atoms with Crippen LogP contribution in [0.4, 0.5) is 13.2 Å². The van der Waals surface area contributed by atoms with Gasteiger partial charge in [0, 0.05) is 0 Å². The lowest BCUT2D eigenvalue weighted by molar-refractivity contribution is -0.139. The maximum Gasteiger partial charge on any atom is 0.420 e. The molecule has 0 unspecified atom stereocenters. The number of nitrogens with one attached hydrogen (secondary N) is 1. The summed E-state index contributed by atoms with van der Waals surface area (Å²) in [5, 5.41) is 11.8. The molecule has 1 N–H and O–H groups in total. The largest absolute Gasteiger partial charge is 0.493 e. The van der Waals surface area contributed by atoms with Gasteiger partial charge in [-0.1, -0.05) is 6.07 Å². The molecular weight excluding hydrogens is 475 g/mol. The molecule has 0 atom stereocenters. The maximum atomic E-state index is 13.4. The van der Waals surface area contributed by atoms with Gasteiger partial charge in [0.15, 0.2) is 16.7 Å². The summed E-state index contributed by atoms with van der Waals surface area (Å²) in [7, 11) is 2.55. The van der Waals surface area contributed by atoms with Crippen LogP contribution in [0.15, 0.2) is 46.3 Å². The topological polar surface area (TPSA) is 110 Å². The van der Waals surface area contributed by atoms with E-state index >= 15 is 0 Å². The quantitative estimate of drug-likeness (QED) is 0.475. The molecule has 34 heavy (non-hydrogen) atoms. The highest BCUT2D eigenvalue weighted by Gasteiger charge is 2.35. The number of carbonyl (C=O) groups is 2. The Hall–Kier alpha value is -3.98. The summed E-state index contributed by atoms with van der Waals surface area (Å²) in [6, 6.07) is 9.04. The van der Waals surface area contributed by atoms with E-state index in [4.69, 9.17) is 14.7 Å². The van der Waals surface area contributed by atoms with Gasteiger partial charge in [-0.15, -0.1) is 0 Å². The van der Waals surface area contributed by atoms with Crippen molar-refractivity contribution in [2.75, 3.05) is 20.8 Å². The van der Waals surface area contributed by atoms with Gasteiger partial charge in [0.25, 0.3) is 5.91 Å². The number of amidine groups is 1. The van der Waals surface area contributed by atoms with Crippen molar-refractivity contribution in [3.63, 3.8) is 0 Å². The van der Waals surface area contributed by atoms with Gasteiger partial charge in [-0.3, -0.25) is 9.59 Å². The summed E-state index contributed by atoms with van der Waals surface area (Å²) in [4.78, 5) is 27.4. The lowest BCUT2D eigenvalue weighted by atomic mass is 10.1. The Morgan fingerprint density at radius 3 is 2.56 bits per heavy atom. The monoisotopic (exact) mass is 491 g/mol. The molecule has 2 aromatic carbocycles. The summed E-state index contributed by atoms with van der Waals surface area (Å²) >= 11 is 1.01. The van der Waals surface area contributed by atoms with Gasteiger partial charge in [0.05, 0.1) is 36.3 Å². The van der Waals surface area contributed by atoms with Crippen LogP contribution in [0.25, 0.3) is 6.08 Å². The molecule has 0 radical (unpaired) electrons. The van der Waals surface area contributed by atoms with E-state index in [9.17, 15) is 22.8 Å². The highest BCUT2D eigenvalue weighted by atomic mass is 32.2. The fraction of sp³-hybridized carbons (Fsp3) is 0.182. The minimum Gasteiger partial charge on any atom is -0.493 e. The maximum absolute atomic E-state index is 13.4. The smallest absolute Gasteiger partial charge is 0.420 e. The second-order valence-corrected chi connectivity index (χ2v) is 7.63. The Kier molecular flexibility index (Phi) is 7.47. The van der Waals surface area contributed by atoms with Gasteiger partial charge in [-0.2, -0.15) is 23.4 Å². The summed E-state index contributed by atoms with van der Waals surface area (Å²) < 4.78 is 55.5. The third-order valence-corrected chi connectivity index (χ3v) is 5.29. The second kappa shape index (κ2) is 10.3. The number of halogens is 3. The number of nitriles is 1. The number of hydrogen-bond donors (Lipinski definition) is 1. The number of esters is 1. The number of rotatable bonds is 6. The van der Waals surface area contributed by atoms with Gasteiger partial charge < -0.3 is 19.5 Å². The standard InChI is InChI=1S/C22H16F3N3O5S/c1-31-17-8-12(9-18-20(30)28-21(34-18)27-11-19(29)32-2)3-6-16(17)33-15-5-4-13(10-26)7-14(15)22(23,24)25/h3-9H,11H2,1-2H3,(H,27,28,30)/b18-9-. The molecule has 12 heteroatoms. The van der Waals surface area contributed by atoms with E-state index in [-0.39, 0.29) is 33.7 Å². The Bertz CT molecular complexity index is 1240. The number of nitrogens with zero attached hydrogens (tertiary/aromatic N) is 2. The first-order valence-corrected chi connectivity index (χ1v) is 10.3. The van der Waals surface area contributed by atoms with E-state index in [1.165, 1.54) is 44.6 Å². The molecule has 0 aromatic heterocycles. The Morgan fingerprint density at radius 1 is 1.18 bits per heavy atom. The highest BCUT2D eigenvalue weighted by molar-refractivity contribution is 8.18. The fourth-order valence-corrected chi connectivity index (χ4v) is 3.55. The predicted octanol–water partition coefficient (Wildman–Crippen LogP) is 4.11. The number of ether oxygens (including phenoxy) is 3. The van der Waals surface area contributed by atoms with Gasteiger partial charge in [0.1, 0.15) is 12.3 Å². The van der Waals surface area contributed by atoms with E-state index in [0.717, 1.165) is 17.8 Å². The van der Waals surface area contributed by atoms with Gasteiger partial charge in [-0.05, 0) is 53.7 Å². The molecule has 176 valence electrons. The zero-order valence-electron chi connectivity index (χ0n) is 17.7. The number of alkyl halides is 3. The van der Waals surface area contributed by atoms with Crippen LogP contribution in [0.5, 0.6) is 17.2 Å². The van der Waals surface area contributed by atoms with Crippen LogP contribution >= 0.6 is 11.8 Å². The zero-order chi connectivity index (χ0) is 24.9. The van der Waals surface area contributed by atoms with Crippen LogP contribution in [0.1, 0.15) is 16.7 Å². The zero-order valence-corrected chi connectivity index (χ0v) is 18.5. The summed E-state index contributed by atoms with van der Waals surface area (Å²) in [5.41, 5.74) is -0.757. The highest BCUT2D eigenvalue weighted by Crippen LogP contribution is 2.41. The van der Waals surface area contributed by atoms with Crippen LogP contribution in [0, 0.1) is 11.3 Å². The second-order valence-electron chi connectivity index (χ2n) is 6.60. The third-order valence-electron chi connectivity index (χ3n) is 4.35. The van der Waals surface area contributed by atoms with Gasteiger partial charge in [0.2, 0.25) is 0 Å². The molecule has 0 saturated carbocycles. The van der Waals surface area contributed by atoms with Gasteiger partial charge >= 0.3 is 12.1 Å². The van der Waals surface area contributed by atoms with Crippen molar-refractivity contribution in [3.8, 4) is 23.3 Å².